The van der Waals surface area contributed by atoms with Gasteiger partial charge in [0.1, 0.15) is 6.04 Å². The van der Waals surface area contributed by atoms with Crippen molar-refractivity contribution < 1.29 is 14.3 Å². The molecule has 0 bridgehead atoms. The summed E-state index contributed by atoms with van der Waals surface area (Å²) in [6.45, 7) is 5.77. The number of methoxy groups -OCH3 is 1. The van der Waals surface area contributed by atoms with E-state index in [-0.39, 0.29) is 43.2 Å². The molecule has 0 aromatic rings. The van der Waals surface area contributed by atoms with Crippen LogP contribution < -0.4 is 11.1 Å². The van der Waals surface area contributed by atoms with Crippen molar-refractivity contribution in [3.05, 3.63) is 0 Å². The van der Waals surface area contributed by atoms with Gasteiger partial charge in [0, 0.05) is 39.8 Å². The first-order valence-electron chi connectivity index (χ1n) is 6.60. The van der Waals surface area contributed by atoms with Crippen molar-refractivity contribution in [1.29, 1.82) is 0 Å². The Morgan fingerprint density at radius 3 is 2.29 bits per heavy atom. The number of nitrogens with zero attached hydrogens (tertiary/aromatic N) is 2. The van der Waals surface area contributed by atoms with Crippen LogP contribution in [0.15, 0.2) is 0 Å². The number of carbonyl (C=O) groups excluding carboxylic acids is 2. The third-order valence-corrected chi connectivity index (χ3v) is 3.09. The van der Waals surface area contributed by atoms with Crippen LogP contribution in [0.25, 0.3) is 0 Å². The molecule has 9 heteroatoms. The van der Waals surface area contributed by atoms with Gasteiger partial charge in [-0.05, 0) is 6.92 Å². The standard InChI is InChI=1S/C12H24N4O3.2ClH/c1-3-14-11(17)8-15-4-6-16(7-5-15)12(18)10(13)9-19-2;;/h10H,3-9,13H2,1-2H3,(H,14,17);2*1H. The van der Waals surface area contributed by atoms with Crippen LogP contribution in [0, 0.1) is 0 Å². The largest absolute Gasteiger partial charge is 0.383 e. The van der Waals surface area contributed by atoms with Gasteiger partial charge in [-0.1, -0.05) is 0 Å². The van der Waals surface area contributed by atoms with E-state index in [9.17, 15) is 9.59 Å². The monoisotopic (exact) mass is 344 g/mol. The lowest BCUT2D eigenvalue weighted by molar-refractivity contribution is -0.135. The Morgan fingerprint density at radius 2 is 1.81 bits per heavy atom. The number of hydrogen-bond donors (Lipinski definition) is 2. The molecule has 1 aliphatic rings. The van der Waals surface area contributed by atoms with Gasteiger partial charge in [-0.25, -0.2) is 0 Å². The van der Waals surface area contributed by atoms with Gasteiger partial charge in [0.05, 0.1) is 13.2 Å². The summed E-state index contributed by atoms with van der Waals surface area (Å²) >= 11 is 0. The van der Waals surface area contributed by atoms with E-state index in [1.165, 1.54) is 7.11 Å². The second-order valence-electron chi connectivity index (χ2n) is 4.62. The minimum atomic E-state index is -0.597. The second-order valence-corrected chi connectivity index (χ2v) is 4.62. The molecule has 1 atom stereocenters. The van der Waals surface area contributed by atoms with Crippen molar-refractivity contribution in [3.63, 3.8) is 0 Å². The first kappa shape index (κ1) is 22.7. The van der Waals surface area contributed by atoms with Gasteiger partial charge in [-0.15, -0.1) is 24.8 Å². The topological polar surface area (TPSA) is 87.9 Å². The lowest BCUT2D eigenvalue weighted by Crippen LogP contribution is -2.55. The van der Waals surface area contributed by atoms with Crippen LogP contribution in [0.5, 0.6) is 0 Å². The van der Waals surface area contributed by atoms with Crippen LogP contribution in [-0.2, 0) is 14.3 Å². The summed E-state index contributed by atoms with van der Waals surface area (Å²) in [4.78, 5) is 27.2. The molecular formula is C12H26Cl2N4O3. The summed E-state index contributed by atoms with van der Waals surface area (Å²) in [7, 11) is 1.53. The third-order valence-electron chi connectivity index (χ3n) is 3.09. The van der Waals surface area contributed by atoms with Crippen molar-refractivity contribution in [2.24, 2.45) is 5.73 Å². The molecule has 1 rings (SSSR count). The molecule has 0 spiro atoms. The normalized spacial score (nSPS) is 16.4. The second kappa shape index (κ2) is 12.0. The molecule has 0 aromatic heterocycles. The molecule has 7 nitrogen and oxygen atoms in total. The molecule has 0 saturated carbocycles. The van der Waals surface area contributed by atoms with Gasteiger partial charge in [0.2, 0.25) is 11.8 Å². The maximum Gasteiger partial charge on any atom is 0.241 e. The van der Waals surface area contributed by atoms with Crippen LogP contribution in [0.1, 0.15) is 6.92 Å². The predicted octanol–water partition coefficient (Wildman–Crippen LogP) is -0.916. The fourth-order valence-corrected chi connectivity index (χ4v) is 2.07. The number of amides is 2. The lowest BCUT2D eigenvalue weighted by atomic mass is 10.2. The summed E-state index contributed by atoms with van der Waals surface area (Å²) in [6.07, 6.45) is 0. The number of nitrogens with one attached hydrogen (secondary N) is 1. The highest BCUT2D eigenvalue weighted by atomic mass is 35.5. The van der Waals surface area contributed by atoms with Crippen LogP contribution in [0.4, 0.5) is 0 Å². The Kier molecular flexibility index (Phi) is 13.0. The van der Waals surface area contributed by atoms with Gasteiger partial charge in [-0.3, -0.25) is 14.5 Å². The Hall–Kier alpha value is -0.600. The molecule has 1 heterocycles. The number of ether oxygens (including phenoxy) is 1. The van der Waals surface area contributed by atoms with E-state index in [0.29, 0.717) is 39.3 Å². The van der Waals surface area contributed by atoms with Gasteiger partial charge in [0.15, 0.2) is 0 Å². The molecule has 1 unspecified atom stereocenters. The highest BCUT2D eigenvalue weighted by molar-refractivity contribution is 5.85. The molecular weight excluding hydrogens is 319 g/mol. The average Bonchev–Trinajstić information content (AvgIpc) is 2.39. The number of hydrogen-bond acceptors (Lipinski definition) is 5. The van der Waals surface area contributed by atoms with Crippen LogP contribution >= 0.6 is 24.8 Å². The van der Waals surface area contributed by atoms with E-state index in [1.54, 1.807) is 4.90 Å². The van der Waals surface area contributed by atoms with Crippen molar-refractivity contribution in [2.45, 2.75) is 13.0 Å². The van der Waals surface area contributed by atoms with Gasteiger partial charge >= 0.3 is 0 Å². The Bertz CT molecular complexity index is 313. The highest BCUT2D eigenvalue weighted by Gasteiger charge is 2.25. The molecule has 1 saturated heterocycles. The van der Waals surface area contributed by atoms with Crippen LogP contribution in [0.3, 0.4) is 0 Å². The fourth-order valence-electron chi connectivity index (χ4n) is 2.07. The van der Waals surface area contributed by atoms with Gasteiger partial charge < -0.3 is 20.7 Å². The fraction of sp³-hybridized carbons (Fsp3) is 0.833. The zero-order valence-electron chi connectivity index (χ0n) is 12.5. The third kappa shape index (κ3) is 7.82. The Morgan fingerprint density at radius 1 is 1.24 bits per heavy atom. The van der Waals surface area contributed by atoms with Crippen LogP contribution in [-0.4, -0.2) is 80.6 Å². The summed E-state index contributed by atoms with van der Waals surface area (Å²) in [6, 6.07) is -0.597. The average molecular weight is 345 g/mol. The molecule has 0 aromatic carbocycles. The first-order chi connectivity index (χ1) is 9.08. The lowest BCUT2D eigenvalue weighted by Gasteiger charge is -2.35. The molecule has 1 aliphatic heterocycles. The van der Waals surface area contributed by atoms with E-state index in [1.807, 2.05) is 11.8 Å². The predicted molar refractivity (Wildman–Crippen MR) is 86.1 cm³/mol. The van der Waals surface area contributed by atoms with E-state index in [2.05, 4.69) is 5.32 Å². The van der Waals surface area contributed by atoms with E-state index in [0.717, 1.165) is 0 Å². The van der Waals surface area contributed by atoms with Crippen LogP contribution in [0.2, 0.25) is 0 Å². The maximum atomic E-state index is 11.9. The SMILES string of the molecule is CCNC(=O)CN1CCN(C(=O)C(N)COC)CC1.Cl.Cl. The number of likely N-dealkylation sites (N-methyl/N-ethyl adjacent to an activating group) is 1. The summed E-state index contributed by atoms with van der Waals surface area (Å²) in [5, 5.41) is 2.76. The molecule has 3 N–H and O–H groups in total. The minimum Gasteiger partial charge on any atom is -0.383 e. The zero-order valence-corrected chi connectivity index (χ0v) is 14.2. The highest BCUT2D eigenvalue weighted by Crippen LogP contribution is 2.03. The molecule has 0 aliphatic carbocycles. The number of carbonyl (C=O) groups is 2. The zero-order chi connectivity index (χ0) is 14.3. The van der Waals surface area contributed by atoms with E-state index >= 15 is 0 Å². The van der Waals surface area contributed by atoms with Crippen molar-refractivity contribution >= 4 is 36.6 Å². The first-order valence-corrected chi connectivity index (χ1v) is 6.60. The molecule has 21 heavy (non-hydrogen) atoms. The van der Waals surface area contributed by atoms with Gasteiger partial charge in [-0.2, -0.15) is 0 Å². The molecule has 126 valence electrons. The number of rotatable bonds is 6. The number of piperazine rings is 1. The number of nitrogens with two attached hydrogens (primary N) is 1. The van der Waals surface area contributed by atoms with Crippen molar-refractivity contribution in [3.8, 4) is 0 Å². The Labute approximate surface area is 138 Å². The van der Waals surface area contributed by atoms with Crippen molar-refractivity contribution in [2.75, 3.05) is 53.0 Å². The van der Waals surface area contributed by atoms with E-state index < -0.39 is 6.04 Å². The Balaban J connectivity index is 0. The number of halogens is 2. The van der Waals surface area contributed by atoms with E-state index in [4.69, 9.17) is 10.5 Å². The summed E-state index contributed by atoms with van der Waals surface area (Å²) in [5.41, 5.74) is 5.72. The summed E-state index contributed by atoms with van der Waals surface area (Å²) in [5.74, 6) is -0.0575. The summed E-state index contributed by atoms with van der Waals surface area (Å²) < 4.78 is 4.88. The smallest absolute Gasteiger partial charge is 0.241 e. The maximum absolute atomic E-state index is 11.9. The molecule has 2 amide bonds. The quantitative estimate of drug-likeness (QED) is 0.650. The molecule has 1 fully saturated rings. The molecule has 0 radical (unpaired) electrons. The minimum absolute atomic E-state index is 0. The van der Waals surface area contributed by atoms with Gasteiger partial charge in [0.25, 0.3) is 0 Å². The van der Waals surface area contributed by atoms with Crippen molar-refractivity contribution in [1.82, 2.24) is 15.1 Å².